The van der Waals surface area contributed by atoms with Gasteiger partial charge in [0.15, 0.2) is 11.6 Å². The molecule has 0 amide bonds. The van der Waals surface area contributed by atoms with Crippen molar-refractivity contribution in [1.29, 1.82) is 0 Å². The quantitative estimate of drug-likeness (QED) is 0.829. The van der Waals surface area contributed by atoms with Crippen LogP contribution in [0.15, 0.2) is 18.2 Å². The molecule has 0 saturated heterocycles. The van der Waals surface area contributed by atoms with Crippen LogP contribution in [0.2, 0.25) is 0 Å². The number of benzene rings is 1. The Balaban J connectivity index is 2.86. The van der Waals surface area contributed by atoms with Crippen molar-refractivity contribution in [1.82, 2.24) is 0 Å². The molecular formula is C12H18FNO. The first-order valence-corrected chi connectivity index (χ1v) is 5.13. The number of hydrogen-bond acceptors (Lipinski definition) is 2. The molecular weight excluding hydrogens is 193 g/mol. The second-order valence-corrected chi connectivity index (χ2v) is 3.97. The van der Waals surface area contributed by atoms with E-state index >= 15 is 0 Å². The monoisotopic (exact) mass is 211 g/mol. The van der Waals surface area contributed by atoms with E-state index in [1.54, 1.807) is 18.2 Å². The largest absolute Gasteiger partial charge is 0.494 e. The zero-order valence-electron chi connectivity index (χ0n) is 9.46. The van der Waals surface area contributed by atoms with Gasteiger partial charge in [-0.2, -0.15) is 0 Å². The van der Waals surface area contributed by atoms with Gasteiger partial charge < -0.3 is 10.5 Å². The Bertz CT molecular complexity index is 325. The number of halogens is 1. The smallest absolute Gasteiger partial charge is 0.168 e. The third-order valence-electron chi connectivity index (χ3n) is 2.70. The minimum atomic E-state index is -0.271. The molecule has 2 N–H and O–H groups in total. The number of nitrogens with two attached hydrogens (primary N) is 1. The van der Waals surface area contributed by atoms with Crippen LogP contribution in [-0.4, -0.2) is 13.2 Å². The van der Waals surface area contributed by atoms with Crippen molar-refractivity contribution >= 4 is 0 Å². The van der Waals surface area contributed by atoms with E-state index in [9.17, 15) is 4.39 Å². The van der Waals surface area contributed by atoms with Crippen molar-refractivity contribution in [3.8, 4) is 5.75 Å². The standard InChI is InChI=1S/C12H18FNO/c1-8(9(2)14)7-10-5-4-6-11(15-3)12(10)13/h4-6,8-9H,7,14H2,1-3H3. The Morgan fingerprint density at radius 1 is 1.40 bits per heavy atom. The zero-order chi connectivity index (χ0) is 11.4. The summed E-state index contributed by atoms with van der Waals surface area (Å²) in [6.45, 7) is 3.95. The lowest BCUT2D eigenvalue weighted by Gasteiger charge is -2.16. The number of methoxy groups -OCH3 is 1. The van der Waals surface area contributed by atoms with Crippen molar-refractivity contribution in [3.05, 3.63) is 29.6 Å². The molecule has 0 fully saturated rings. The first-order valence-electron chi connectivity index (χ1n) is 5.13. The molecule has 0 aliphatic rings. The zero-order valence-corrected chi connectivity index (χ0v) is 9.46. The topological polar surface area (TPSA) is 35.2 Å². The SMILES string of the molecule is COc1cccc(CC(C)C(C)N)c1F. The van der Waals surface area contributed by atoms with E-state index in [-0.39, 0.29) is 17.8 Å². The lowest BCUT2D eigenvalue weighted by molar-refractivity contribution is 0.380. The first-order chi connectivity index (χ1) is 7.06. The van der Waals surface area contributed by atoms with E-state index in [2.05, 4.69) is 0 Å². The summed E-state index contributed by atoms with van der Waals surface area (Å²) in [7, 11) is 1.47. The fourth-order valence-corrected chi connectivity index (χ4v) is 1.40. The summed E-state index contributed by atoms with van der Waals surface area (Å²) in [5.41, 5.74) is 6.42. The predicted octanol–water partition coefficient (Wildman–Crippen LogP) is 2.36. The molecule has 1 aromatic carbocycles. The summed E-state index contributed by atoms with van der Waals surface area (Å²) in [4.78, 5) is 0. The van der Waals surface area contributed by atoms with E-state index in [4.69, 9.17) is 10.5 Å². The normalized spacial score (nSPS) is 14.7. The molecule has 0 aromatic heterocycles. The van der Waals surface area contributed by atoms with Gasteiger partial charge in [0.25, 0.3) is 0 Å². The second kappa shape index (κ2) is 5.12. The number of rotatable bonds is 4. The molecule has 84 valence electrons. The lowest BCUT2D eigenvalue weighted by Crippen LogP contribution is -2.26. The van der Waals surface area contributed by atoms with Crippen molar-refractivity contribution in [3.63, 3.8) is 0 Å². The summed E-state index contributed by atoms with van der Waals surface area (Å²) in [6.07, 6.45) is 0.640. The first kappa shape index (κ1) is 12.0. The molecule has 2 unspecified atom stereocenters. The minimum absolute atomic E-state index is 0.0654. The Labute approximate surface area is 90.2 Å². The summed E-state index contributed by atoms with van der Waals surface area (Å²) in [6, 6.07) is 5.26. The fourth-order valence-electron chi connectivity index (χ4n) is 1.40. The summed E-state index contributed by atoms with van der Waals surface area (Å²) in [5, 5.41) is 0. The van der Waals surface area contributed by atoms with Gasteiger partial charge in [-0.15, -0.1) is 0 Å². The van der Waals surface area contributed by atoms with Crippen molar-refractivity contribution in [2.24, 2.45) is 11.7 Å². The molecule has 15 heavy (non-hydrogen) atoms. The Kier molecular flexibility index (Phi) is 4.09. The van der Waals surface area contributed by atoms with Crippen LogP contribution in [0.4, 0.5) is 4.39 Å². The summed E-state index contributed by atoms with van der Waals surface area (Å²) in [5.74, 6) is 0.281. The van der Waals surface area contributed by atoms with E-state index in [1.165, 1.54) is 7.11 Å². The van der Waals surface area contributed by atoms with E-state index in [1.807, 2.05) is 13.8 Å². The third kappa shape index (κ3) is 2.93. The van der Waals surface area contributed by atoms with Gasteiger partial charge in [0.1, 0.15) is 0 Å². The van der Waals surface area contributed by atoms with E-state index in [0.717, 1.165) is 0 Å². The molecule has 1 rings (SSSR count). The molecule has 1 aromatic rings. The van der Waals surface area contributed by atoms with Crippen LogP contribution in [0.1, 0.15) is 19.4 Å². The van der Waals surface area contributed by atoms with Crippen molar-refractivity contribution < 1.29 is 9.13 Å². The number of hydrogen-bond donors (Lipinski definition) is 1. The molecule has 2 nitrogen and oxygen atoms in total. The van der Waals surface area contributed by atoms with Crippen LogP contribution < -0.4 is 10.5 Å². The molecule has 3 heteroatoms. The Hall–Kier alpha value is -1.09. The Morgan fingerprint density at radius 3 is 2.60 bits per heavy atom. The van der Waals surface area contributed by atoms with Crippen LogP contribution in [-0.2, 0) is 6.42 Å². The van der Waals surface area contributed by atoms with E-state index in [0.29, 0.717) is 17.7 Å². The van der Waals surface area contributed by atoms with E-state index < -0.39 is 0 Å². The molecule has 2 atom stereocenters. The van der Waals surface area contributed by atoms with Gasteiger partial charge in [0, 0.05) is 6.04 Å². The molecule has 0 saturated carbocycles. The third-order valence-corrected chi connectivity index (χ3v) is 2.70. The average Bonchev–Trinajstić information content (AvgIpc) is 2.21. The van der Waals surface area contributed by atoms with Gasteiger partial charge in [0.05, 0.1) is 7.11 Å². The predicted molar refractivity (Wildman–Crippen MR) is 59.5 cm³/mol. The van der Waals surface area contributed by atoms with Gasteiger partial charge in [-0.1, -0.05) is 19.1 Å². The summed E-state index contributed by atoms with van der Waals surface area (Å²) >= 11 is 0. The van der Waals surface area contributed by atoms with Gasteiger partial charge in [-0.3, -0.25) is 0 Å². The van der Waals surface area contributed by atoms with Crippen LogP contribution >= 0.6 is 0 Å². The van der Waals surface area contributed by atoms with Crippen LogP contribution in [0.5, 0.6) is 5.75 Å². The minimum Gasteiger partial charge on any atom is -0.494 e. The van der Waals surface area contributed by atoms with Crippen molar-refractivity contribution in [2.75, 3.05) is 7.11 Å². The van der Waals surface area contributed by atoms with Crippen LogP contribution in [0, 0.1) is 11.7 Å². The maximum atomic E-state index is 13.7. The van der Waals surface area contributed by atoms with Gasteiger partial charge in [0.2, 0.25) is 0 Å². The maximum absolute atomic E-state index is 13.7. The lowest BCUT2D eigenvalue weighted by atomic mass is 9.95. The molecule has 0 radical (unpaired) electrons. The molecule has 0 aliphatic heterocycles. The average molecular weight is 211 g/mol. The van der Waals surface area contributed by atoms with Crippen LogP contribution in [0.25, 0.3) is 0 Å². The molecule has 0 heterocycles. The molecule has 0 aliphatic carbocycles. The second-order valence-electron chi connectivity index (χ2n) is 3.97. The maximum Gasteiger partial charge on any atom is 0.168 e. The highest BCUT2D eigenvalue weighted by atomic mass is 19.1. The highest BCUT2D eigenvalue weighted by Crippen LogP contribution is 2.22. The Morgan fingerprint density at radius 2 is 2.07 bits per heavy atom. The van der Waals surface area contributed by atoms with Crippen LogP contribution in [0.3, 0.4) is 0 Å². The number of ether oxygens (including phenoxy) is 1. The fraction of sp³-hybridized carbons (Fsp3) is 0.500. The highest BCUT2D eigenvalue weighted by Gasteiger charge is 2.13. The van der Waals surface area contributed by atoms with Gasteiger partial charge >= 0.3 is 0 Å². The van der Waals surface area contributed by atoms with Gasteiger partial charge in [-0.05, 0) is 30.9 Å². The summed E-state index contributed by atoms with van der Waals surface area (Å²) < 4.78 is 18.7. The van der Waals surface area contributed by atoms with Crippen molar-refractivity contribution in [2.45, 2.75) is 26.3 Å². The molecule has 0 bridgehead atoms. The van der Waals surface area contributed by atoms with Gasteiger partial charge in [-0.25, -0.2) is 4.39 Å². The highest BCUT2D eigenvalue weighted by molar-refractivity contribution is 5.31. The molecule has 0 spiro atoms.